The predicted molar refractivity (Wildman–Crippen MR) is 96.5 cm³/mol. The number of thiophene rings is 1. The number of carbonyl (C=O) groups excluding carboxylic acids is 1. The van der Waals surface area contributed by atoms with Gasteiger partial charge in [0.05, 0.1) is 30.9 Å². The number of fused-ring (bicyclic) bond motifs is 1. The van der Waals surface area contributed by atoms with Crippen LogP contribution in [0.3, 0.4) is 0 Å². The fourth-order valence-corrected chi connectivity index (χ4v) is 4.61. The van der Waals surface area contributed by atoms with E-state index in [1.165, 1.54) is 35.2 Å². The highest BCUT2D eigenvalue weighted by molar-refractivity contribution is 7.99. The number of thioether (sulfide) groups is 1. The van der Waals surface area contributed by atoms with Crippen LogP contribution >= 0.6 is 34.7 Å². The van der Waals surface area contributed by atoms with E-state index < -0.39 is 10.0 Å². The third-order valence-corrected chi connectivity index (χ3v) is 6.53. The molecule has 0 atom stereocenters. The zero-order valence-corrected chi connectivity index (χ0v) is 15.6. The number of sulfonamides is 1. The maximum absolute atomic E-state index is 12.1. The fourth-order valence-electron chi connectivity index (χ4n) is 2.13. The van der Waals surface area contributed by atoms with Crippen LogP contribution in [0.4, 0.5) is 0 Å². The first kappa shape index (κ1) is 17.4. The Morgan fingerprint density at radius 1 is 1.38 bits per heavy atom. The molecule has 0 spiro atoms. The quantitative estimate of drug-likeness (QED) is 0.523. The van der Waals surface area contributed by atoms with E-state index in [9.17, 15) is 13.2 Å². The number of ketones is 1. The molecule has 0 amide bonds. The van der Waals surface area contributed by atoms with Gasteiger partial charge in [-0.05, 0) is 30.3 Å². The van der Waals surface area contributed by atoms with Gasteiger partial charge in [0.25, 0.3) is 0 Å². The Balaban J connectivity index is 1.85. The second kappa shape index (κ2) is 6.49. The second-order valence-electron chi connectivity index (χ2n) is 4.96. The molecular weight excluding hydrogens is 390 g/mol. The second-order valence-corrected chi connectivity index (χ2v) is 9.18. The van der Waals surface area contributed by atoms with Crippen molar-refractivity contribution >= 4 is 61.5 Å². The highest BCUT2D eigenvalue weighted by Crippen LogP contribution is 2.27. The predicted octanol–water partition coefficient (Wildman–Crippen LogP) is 2.91. The van der Waals surface area contributed by atoms with Gasteiger partial charge in [-0.25, -0.2) is 18.5 Å². The van der Waals surface area contributed by atoms with Crippen molar-refractivity contribution in [1.82, 2.24) is 9.55 Å². The maximum Gasteiger partial charge on any atom is 0.238 e. The lowest BCUT2D eigenvalue weighted by Gasteiger charge is -2.01. The van der Waals surface area contributed by atoms with Crippen molar-refractivity contribution in [1.29, 1.82) is 0 Å². The first-order valence-corrected chi connectivity index (χ1v) is 10.4. The van der Waals surface area contributed by atoms with E-state index >= 15 is 0 Å². The summed E-state index contributed by atoms with van der Waals surface area (Å²) in [6.07, 6.45) is 0. The SMILES string of the molecule is Cn1c(SCC(=O)c2ccc(Cl)s2)nc2cc(S(N)(=O)=O)ccc21. The summed E-state index contributed by atoms with van der Waals surface area (Å²) in [5.41, 5.74) is 1.27. The van der Waals surface area contributed by atoms with Gasteiger partial charge >= 0.3 is 0 Å². The molecule has 0 saturated carbocycles. The van der Waals surface area contributed by atoms with Crippen LogP contribution in [0.25, 0.3) is 11.0 Å². The molecular formula is C14H12ClN3O3S3. The molecule has 0 unspecified atom stereocenters. The number of benzene rings is 1. The topological polar surface area (TPSA) is 95.0 Å². The number of nitrogens with two attached hydrogens (primary N) is 1. The van der Waals surface area contributed by atoms with Crippen LogP contribution in [0.2, 0.25) is 4.34 Å². The number of halogens is 1. The molecule has 0 aliphatic carbocycles. The molecule has 126 valence electrons. The van der Waals surface area contributed by atoms with Crippen molar-refractivity contribution in [3.05, 3.63) is 39.5 Å². The van der Waals surface area contributed by atoms with Crippen molar-refractivity contribution in [3.8, 4) is 0 Å². The molecule has 10 heteroatoms. The van der Waals surface area contributed by atoms with Crippen LogP contribution in [-0.4, -0.2) is 29.5 Å². The van der Waals surface area contributed by atoms with Crippen molar-refractivity contribution in [2.75, 3.05) is 5.75 Å². The summed E-state index contributed by atoms with van der Waals surface area (Å²) in [7, 11) is -1.97. The van der Waals surface area contributed by atoms with Crippen LogP contribution in [0.1, 0.15) is 9.67 Å². The lowest BCUT2D eigenvalue weighted by atomic mass is 10.3. The molecule has 1 aromatic carbocycles. The third-order valence-electron chi connectivity index (χ3n) is 3.32. The Kier molecular flexibility index (Phi) is 4.71. The number of carbonyl (C=O) groups is 1. The van der Waals surface area contributed by atoms with Crippen LogP contribution < -0.4 is 5.14 Å². The zero-order chi connectivity index (χ0) is 17.5. The van der Waals surface area contributed by atoms with Gasteiger partial charge in [-0.15, -0.1) is 11.3 Å². The van der Waals surface area contributed by atoms with E-state index in [1.54, 1.807) is 25.2 Å². The molecule has 2 N–H and O–H groups in total. The van der Waals surface area contributed by atoms with Gasteiger partial charge < -0.3 is 4.57 Å². The van der Waals surface area contributed by atoms with Gasteiger partial charge in [-0.1, -0.05) is 23.4 Å². The van der Waals surface area contributed by atoms with E-state index in [0.29, 0.717) is 19.9 Å². The zero-order valence-electron chi connectivity index (χ0n) is 12.4. The Hall–Kier alpha value is -1.39. The standard InChI is InChI=1S/C14H12ClN3O3S3/c1-18-10-3-2-8(24(16,20)21)6-9(10)17-14(18)22-7-11(19)12-4-5-13(15)23-12/h2-6H,7H2,1H3,(H2,16,20,21). The van der Waals surface area contributed by atoms with Gasteiger partial charge in [0.2, 0.25) is 10.0 Å². The van der Waals surface area contributed by atoms with Crippen LogP contribution in [-0.2, 0) is 17.1 Å². The molecule has 0 saturated heterocycles. The summed E-state index contributed by atoms with van der Waals surface area (Å²) in [5.74, 6) is 0.185. The molecule has 0 bridgehead atoms. The average Bonchev–Trinajstić information content (AvgIpc) is 3.08. The number of imidazole rings is 1. The summed E-state index contributed by atoms with van der Waals surface area (Å²) >= 11 is 8.36. The lowest BCUT2D eigenvalue weighted by Crippen LogP contribution is -2.11. The normalized spacial score (nSPS) is 12.0. The lowest BCUT2D eigenvalue weighted by molar-refractivity contribution is 0.102. The highest BCUT2D eigenvalue weighted by atomic mass is 35.5. The summed E-state index contributed by atoms with van der Waals surface area (Å²) in [5, 5.41) is 5.75. The minimum atomic E-state index is -3.78. The van der Waals surface area contributed by atoms with Gasteiger partial charge in [0.1, 0.15) is 0 Å². The smallest absolute Gasteiger partial charge is 0.238 e. The maximum atomic E-state index is 12.1. The third kappa shape index (κ3) is 3.50. The monoisotopic (exact) mass is 401 g/mol. The van der Waals surface area contributed by atoms with E-state index in [-0.39, 0.29) is 16.4 Å². The number of hydrogen-bond donors (Lipinski definition) is 1. The molecule has 3 aromatic rings. The summed E-state index contributed by atoms with van der Waals surface area (Å²) in [6.45, 7) is 0. The fraction of sp³-hybridized carbons (Fsp3) is 0.143. The van der Waals surface area contributed by atoms with E-state index in [4.69, 9.17) is 16.7 Å². The Labute approximate surface area is 151 Å². The van der Waals surface area contributed by atoms with E-state index in [0.717, 1.165) is 5.52 Å². The van der Waals surface area contributed by atoms with Crippen molar-refractivity contribution in [2.24, 2.45) is 12.2 Å². The molecule has 0 aliphatic heterocycles. The number of aryl methyl sites for hydroxylation is 1. The van der Waals surface area contributed by atoms with E-state index in [2.05, 4.69) is 4.98 Å². The Bertz CT molecular complexity index is 1040. The average molecular weight is 402 g/mol. The Morgan fingerprint density at radius 3 is 2.75 bits per heavy atom. The molecule has 2 aromatic heterocycles. The summed E-state index contributed by atoms with van der Waals surface area (Å²) in [4.78, 5) is 17.1. The molecule has 6 nitrogen and oxygen atoms in total. The van der Waals surface area contributed by atoms with Crippen LogP contribution in [0.5, 0.6) is 0 Å². The van der Waals surface area contributed by atoms with Crippen molar-refractivity contribution < 1.29 is 13.2 Å². The molecule has 2 heterocycles. The Morgan fingerprint density at radius 2 is 2.12 bits per heavy atom. The molecule has 0 radical (unpaired) electrons. The first-order valence-electron chi connectivity index (χ1n) is 6.66. The van der Waals surface area contributed by atoms with Crippen LogP contribution in [0.15, 0.2) is 40.4 Å². The van der Waals surface area contributed by atoms with E-state index in [1.807, 2.05) is 4.57 Å². The minimum absolute atomic E-state index is 0.00829. The summed E-state index contributed by atoms with van der Waals surface area (Å²) < 4.78 is 25.2. The van der Waals surface area contributed by atoms with Gasteiger partial charge in [-0.3, -0.25) is 4.79 Å². The number of hydrogen-bond acceptors (Lipinski definition) is 6. The van der Waals surface area contributed by atoms with Crippen molar-refractivity contribution in [2.45, 2.75) is 10.1 Å². The van der Waals surface area contributed by atoms with Gasteiger partial charge in [0.15, 0.2) is 10.9 Å². The number of Topliss-reactive ketones (excluding diaryl/α,β-unsaturated/α-hetero) is 1. The summed E-state index contributed by atoms with van der Waals surface area (Å²) in [6, 6.07) is 7.90. The number of rotatable bonds is 5. The molecule has 3 rings (SSSR count). The first-order chi connectivity index (χ1) is 11.3. The number of primary sulfonamides is 1. The minimum Gasteiger partial charge on any atom is -0.322 e. The number of nitrogens with zero attached hydrogens (tertiary/aromatic N) is 2. The van der Waals surface area contributed by atoms with Gasteiger partial charge in [0, 0.05) is 7.05 Å². The number of aromatic nitrogens is 2. The van der Waals surface area contributed by atoms with Gasteiger partial charge in [-0.2, -0.15) is 0 Å². The van der Waals surface area contributed by atoms with Crippen molar-refractivity contribution in [3.63, 3.8) is 0 Å². The highest BCUT2D eigenvalue weighted by Gasteiger charge is 2.15. The molecule has 0 fully saturated rings. The van der Waals surface area contributed by atoms with Crippen LogP contribution in [0, 0.1) is 0 Å². The molecule has 24 heavy (non-hydrogen) atoms. The largest absolute Gasteiger partial charge is 0.322 e. The molecule has 0 aliphatic rings.